The molecule has 0 unspecified atom stereocenters. The minimum Gasteiger partial charge on any atom is -0.360 e. The molecule has 0 spiro atoms. The highest BCUT2D eigenvalue weighted by atomic mass is 16.5. The second-order valence-electron chi connectivity index (χ2n) is 5.15. The Balaban J connectivity index is 1.59. The van der Waals surface area contributed by atoms with Crippen LogP contribution in [-0.2, 0) is 6.54 Å². The van der Waals surface area contributed by atoms with Crippen molar-refractivity contribution in [2.45, 2.75) is 33.4 Å². The molecule has 5 heteroatoms. The van der Waals surface area contributed by atoms with Crippen molar-refractivity contribution in [3.05, 3.63) is 35.0 Å². The molecule has 0 atom stereocenters. The summed E-state index contributed by atoms with van der Waals surface area (Å²) in [5.74, 6) is 0.944. The van der Waals surface area contributed by atoms with E-state index in [-0.39, 0.29) is 0 Å². The van der Waals surface area contributed by atoms with Crippen LogP contribution in [0.2, 0.25) is 0 Å². The van der Waals surface area contributed by atoms with E-state index < -0.39 is 0 Å². The Morgan fingerprint density at radius 1 is 1.22 bits per heavy atom. The molecule has 0 amide bonds. The monoisotopic (exact) mass is 246 g/mol. The van der Waals surface area contributed by atoms with Crippen molar-refractivity contribution in [3.63, 3.8) is 0 Å². The summed E-state index contributed by atoms with van der Waals surface area (Å²) in [5, 5.41) is 8.44. The molecule has 2 aromatic rings. The fourth-order valence-corrected chi connectivity index (χ4v) is 2.55. The second kappa shape index (κ2) is 4.24. The van der Waals surface area contributed by atoms with Crippen molar-refractivity contribution < 1.29 is 4.52 Å². The van der Waals surface area contributed by atoms with Gasteiger partial charge >= 0.3 is 0 Å². The summed E-state index contributed by atoms with van der Waals surface area (Å²) in [6.45, 7) is 9.00. The first-order valence-corrected chi connectivity index (χ1v) is 6.29. The Morgan fingerprint density at radius 3 is 2.56 bits per heavy atom. The van der Waals surface area contributed by atoms with Crippen molar-refractivity contribution in [3.8, 4) is 0 Å². The van der Waals surface area contributed by atoms with Gasteiger partial charge < -0.3 is 4.52 Å². The van der Waals surface area contributed by atoms with E-state index in [0.717, 1.165) is 36.8 Å². The van der Waals surface area contributed by atoms with Gasteiger partial charge in [0.2, 0.25) is 0 Å². The third-order valence-electron chi connectivity index (χ3n) is 3.38. The van der Waals surface area contributed by atoms with E-state index in [2.05, 4.69) is 32.8 Å². The summed E-state index contributed by atoms with van der Waals surface area (Å²) in [7, 11) is 0. The van der Waals surface area contributed by atoms with E-state index in [1.165, 1.54) is 5.69 Å². The van der Waals surface area contributed by atoms with Gasteiger partial charge in [-0.15, -0.1) is 0 Å². The van der Waals surface area contributed by atoms with E-state index in [1.807, 2.05) is 19.9 Å². The van der Waals surface area contributed by atoms with Gasteiger partial charge in [-0.2, -0.15) is 5.10 Å². The number of hydrogen-bond donors (Lipinski definition) is 0. The van der Waals surface area contributed by atoms with Crippen molar-refractivity contribution in [2.24, 2.45) is 0 Å². The first-order valence-electron chi connectivity index (χ1n) is 6.29. The van der Waals surface area contributed by atoms with Crippen LogP contribution in [0.4, 0.5) is 0 Å². The molecule has 3 rings (SSSR count). The standard InChI is InChI=1S/C13H18N4O/c1-9-4-11(3)17(14-9)12-6-16(7-12)8-13-5-10(2)15-18-13/h4-5,12H,6-8H2,1-3H3. The van der Waals surface area contributed by atoms with Crippen molar-refractivity contribution >= 4 is 0 Å². The fraction of sp³-hybridized carbons (Fsp3) is 0.538. The molecule has 1 saturated heterocycles. The largest absolute Gasteiger partial charge is 0.360 e. The van der Waals surface area contributed by atoms with Gasteiger partial charge in [0, 0.05) is 24.8 Å². The van der Waals surface area contributed by atoms with Gasteiger partial charge in [-0.3, -0.25) is 9.58 Å². The van der Waals surface area contributed by atoms with Crippen LogP contribution >= 0.6 is 0 Å². The lowest BCUT2D eigenvalue weighted by molar-refractivity contribution is 0.0795. The molecule has 0 bridgehead atoms. The van der Waals surface area contributed by atoms with Gasteiger partial charge in [-0.25, -0.2) is 0 Å². The molecule has 0 radical (unpaired) electrons. The van der Waals surface area contributed by atoms with Gasteiger partial charge in [0.05, 0.1) is 24.0 Å². The van der Waals surface area contributed by atoms with Gasteiger partial charge in [0.15, 0.2) is 5.76 Å². The molecule has 5 nitrogen and oxygen atoms in total. The van der Waals surface area contributed by atoms with E-state index in [0.29, 0.717) is 6.04 Å². The zero-order valence-electron chi connectivity index (χ0n) is 11.1. The number of aryl methyl sites for hydroxylation is 3. The molecule has 1 fully saturated rings. The van der Waals surface area contributed by atoms with E-state index in [1.54, 1.807) is 0 Å². The third-order valence-corrected chi connectivity index (χ3v) is 3.38. The lowest BCUT2D eigenvalue weighted by Crippen LogP contribution is -2.47. The van der Waals surface area contributed by atoms with Gasteiger partial charge in [0.1, 0.15) is 0 Å². The predicted molar refractivity (Wildman–Crippen MR) is 67.3 cm³/mol. The quantitative estimate of drug-likeness (QED) is 0.829. The summed E-state index contributed by atoms with van der Waals surface area (Å²) >= 11 is 0. The number of aromatic nitrogens is 3. The molecule has 1 aliphatic rings. The van der Waals surface area contributed by atoms with Crippen LogP contribution in [0.25, 0.3) is 0 Å². The highest BCUT2D eigenvalue weighted by Gasteiger charge is 2.30. The lowest BCUT2D eigenvalue weighted by atomic mass is 10.1. The molecular weight excluding hydrogens is 228 g/mol. The topological polar surface area (TPSA) is 47.1 Å². The third kappa shape index (κ3) is 2.06. The van der Waals surface area contributed by atoms with Crippen molar-refractivity contribution in [2.75, 3.05) is 13.1 Å². The van der Waals surface area contributed by atoms with Crippen LogP contribution in [-0.4, -0.2) is 32.9 Å². The molecule has 1 aliphatic heterocycles. The zero-order valence-corrected chi connectivity index (χ0v) is 11.1. The summed E-state index contributed by atoms with van der Waals surface area (Å²) in [4.78, 5) is 2.35. The van der Waals surface area contributed by atoms with Crippen LogP contribution in [0.1, 0.15) is 28.9 Å². The van der Waals surface area contributed by atoms with Crippen LogP contribution in [0.15, 0.2) is 16.7 Å². The Morgan fingerprint density at radius 2 is 2.00 bits per heavy atom. The summed E-state index contributed by atoms with van der Waals surface area (Å²) in [6.07, 6.45) is 0. The molecule has 0 N–H and O–H groups in total. The van der Waals surface area contributed by atoms with Crippen LogP contribution in [0.5, 0.6) is 0 Å². The summed E-state index contributed by atoms with van der Waals surface area (Å²) in [5.41, 5.74) is 3.28. The zero-order chi connectivity index (χ0) is 12.7. The van der Waals surface area contributed by atoms with Crippen molar-refractivity contribution in [1.29, 1.82) is 0 Å². The average molecular weight is 246 g/mol. The molecule has 3 heterocycles. The van der Waals surface area contributed by atoms with Crippen LogP contribution < -0.4 is 0 Å². The Hall–Kier alpha value is -1.62. The highest BCUT2D eigenvalue weighted by Crippen LogP contribution is 2.24. The number of likely N-dealkylation sites (tertiary alicyclic amines) is 1. The van der Waals surface area contributed by atoms with Crippen molar-refractivity contribution in [1.82, 2.24) is 19.8 Å². The molecular formula is C13H18N4O. The first-order chi connectivity index (χ1) is 8.61. The average Bonchev–Trinajstić information content (AvgIpc) is 2.78. The minimum atomic E-state index is 0.503. The Kier molecular flexibility index (Phi) is 2.70. The molecule has 0 aliphatic carbocycles. The maximum absolute atomic E-state index is 5.23. The second-order valence-corrected chi connectivity index (χ2v) is 5.15. The number of rotatable bonds is 3. The van der Waals surface area contributed by atoms with Crippen LogP contribution in [0, 0.1) is 20.8 Å². The number of hydrogen-bond acceptors (Lipinski definition) is 4. The predicted octanol–water partition coefficient (Wildman–Crippen LogP) is 1.85. The van der Waals surface area contributed by atoms with Gasteiger partial charge in [0.25, 0.3) is 0 Å². The first kappa shape index (κ1) is 11.5. The Bertz CT molecular complexity index is 551. The summed E-state index contributed by atoms with van der Waals surface area (Å²) in [6, 6.07) is 4.63. The van der Waals surface area contributed by atoms with E-state index >= 15 is 0 Å². The SMILES string of the molecule is Cc1cc(CN2CC(n3nc(C)cc3C)C2)on1. The molecule has 18 heavy (non-hydrogen) atoms. The maximum Gasteiger partial charge on any atom is 0.150 e. The molecule has 96 valence electrons. The number of nitrogens with zero attached hydrogens (tertiary/aromatic N) is 4. The lowest BCUT2D eigenvalue weighted by Gasteiger charge is -2.39. The minimum absolute atomic E-state index is 0.503. The maximum atomic E-state index is 5.23. The molecule has 0 aromatic carbocycles. The molecule has 2 aromatic heterocycles. The normalized spacial score (nSPS) is 17.1. The molecule has 0 saturated carbocycles. The van der Waals surface area contributed by atoms with Gasteiger partial charge in [-0.1, -0.05) is 5.16 Å². The highest BCUT2D eigenvalue weighted by molar-refractivity contribution is 5.10. The Labute approximate surface area is 106 Å². The van der Waals surface area contributed by atoms with E-state index in [4.69, 9.17) is 4.52 Å². The summed E-state index contributed by atoms with van der Waals surface area (Å²) < 4.78 is 7.36. The van der Waals surface area contributed by atoms with Crippen LogP contribution in [0.3, 0.4) is 0 Å². The fourth-order valence-electron chi connectivity index (χ4n) is 2.55. The smallest absolute Gasteiger partial charge is 0.150 e. The van der Waals surface area contributed by atoms with E-state index in [9.17, 15) is 0 Å². The van der Waals surface area contributed by atoms with Gasteiger partial charge in [-0.05, 0) is 26.8 Å².